The first-order chi connectivity index (χ1) is 37.0. The molecule has 0 fully saturated rings. The topological polar surface area (TPSA) is 78.9 Å². The van der Waals surface area contributed by atoms with Crippen molar-refractivity contribution in [1.29, 1.82) is 0 Å². The zero-order valence-corrected chi connectivity index (χ0v) is 49.3. The first-order valence-electron chi connectivity index (χ1n) is 31.7. The number of rotatable bonds is 57. The van der Waals surface area contributed by atoms with Crippen molar-refractivity contribution < 1.29 is 28.6 Å². The summed E-state index contributed by atoms with van der Waals surface area (Å²) >= 11 is 0. The Morgan fingerprint density at radius 2 is 0.520 bits per heavy atom. The predicted octanol–water partition coefficient (Wildman–Crippen LogP) is 21.7. The van der Waals surface area contributed by atoms with E-state index in [4.69, 9.17) is 14.2 Å². The smallest absolute Gasteiger partial charge is 0.306 e. The molecule has 0 spiro atoms. The molecular weight excluding hydrogens is 925 g/mol. The van der Waals surface area contributed by atoms with Gasteiger partial charge in [-0.05, 0) is 103 Å². The highest BCUT2D eigenvalue weighted by molar-refractivity contribution is 5.71. The van der Waals surface area contributed by atoms with Crippen molar-refractivity contribution in [3.8, 4) is 0 Å². The van der Waals surface area contributed by atoms with E-state index in [0.29, 0.717) is 19.3 Å². The molecule has 0 aromatic heterocycles. The number of esters is 3. The number of ether oxygens (including phenoxy) is 3. The fourth-order valence-corrected chi connectivity index (χ4v) is 8.83. The molecule has 6 nitrogen and oxygen atoms in total. The molecule has 0 N–H and O–H groups in total. The molecule has 0 aliphatic rings. The van der Waals surface area contributed by atoms with E-state index in [-0.39, 0.29) is 31.1 Å². The van der Waals surface area contributed by atoms with Gasteiger partial charge in [-0.2, -0.15) is 0 Å². The molecule has 0 amide bonds. The molecule has 0 radical (unpaired) electrons. The van der Waals surface area contributed by atoms with Crippen LogP contribution in [-0.4, -0.2) is 37.2 Å². The van der Waals surface area contributed by atoms with Crippen molar-refractivity contribution in [3.63, 3.8) is 0 Å². The maximum Gasteiger partial charge on any atom is 0.306 e. The molecule has 1 atom stereocenters. The lowest BCUT2D eigenvalue weighted by Gasteiger charge is -2.18. The molecule has 0 aliphatic heterocycles. The van der Waals surface area contributed by atoms with Gasteiger partial charge in [0.05, 0.1) is 0 Å². The highest BCUT2D eigenvalue weighted by Crippen LogP contribution is 2.16. The zero-order chi connectivity index (χ0) is 54.3. The van der Waals surface area contributed by atoms with Gasteiger partial charge in [-0.25, -0.2) is 0 Å². The average Bonchev–Trinajstić information content (AvgIpc) is 3.41. The molecule has 0 bridgehead atoms. The standard InChI is InChI=1S/C69H118O6/c1-4-7-10-13-15-17-19-21-23-25-26-27-28-29-30-31-32-33-34-35-36-37-38-39-40-41-42-44-45-47-49-51-53-56-59-62-68(71)74-65-66(64-73-67(70)61-58-55-12-9-6-3)75-69(72)63-60-57-54-52-50-48-46-43-24-22-20-18-16-14-11-8-5-2/h7,10,15,17,21-24,26-27,29-30,32-33,35-36,66H,4-6,8-9,11-14,16,18-20,25,28,31,34,37-65H2,1-3H3/b10-7-,17-15-,23-21-,24-22-,27-26-,30-29-,33-32-,36-35-. The molecule has 0 aromatic carbocycles. The third-order valence-corrected chi connectivity index (χ3v) is 13.6. The van der Waals surface area contributed by atoms with Gasteiger partial charge in [0, 0.05) is 19.3 Å². The van der Waals surface area contributed by atoms with Gasteiger partial charge < -0.3 is 14.2 Å². The summed E-state index contributed by atoms with van der Waals surface area (Å²) in [5.74, 6) is -0.889. The van der Waals surface area contributed by atoms with Gasteiger partial charge in [-0.1, -0.05) is 279 Å². The van der Waals surface area contributed by atoms with Crippen molar-refractivity contribution in [2.24, 2.45) is 0 Å². The zero-order valence-electron chi connectivity index (χ0n) is 49.3. The van der Waals surface area contributed by atoms with Crippen LogP contribution in [0.15, 0.2) is 97.2 Å². The van der Waals surface area contributed by atoms with Gasteiger partial charge >= 0.3 is 17.9 Å². The number of hydrogen-bond donors (Lipinski definition) is 0. The number of hydrogen-bond acceptors (Lipinski definition) is 6. The second kappa shape index (κ2) is 62.9. The van der Waals surface area contributed by atoms with Crippen LogP contribution >= 0.6 is 0 Å². The van der Waals surface area contributed by atoms with E-state index in [1.165, 1.54) is 154 Å². The first-order valence-corrected chi connectivity index (χ1v) is 31.7. The van der Waals surface area contributed by atoms with Crippen molar-refractivity contribution in [2.45, 2.75) is 309 Å². The van der Waals surface area contributed by atoms with Crippen LogP contribution in [0.25, 0.3) is 0 Å². The molecule has 0 heterocycles. The lowest BCUT2D eigenvalue weighted by Crippen LogP contribution is -2.30. The van der Waals surface area contributed by atoms with E-state index < -0.39 is 6.10 Å². The second-order valence-corrected chi connectivity index (χ2v) is 20.9. The van der Waals surface area contributed by atoms with Crippen LogP contribution < -0.4 is 0 Å². The minimum absolute atomic E-state index is 0.0771. The van der Waals surface area contributed by atoms with Crippen LogP contribution in [0, 0.1) is 0 Å². The molecule has 75 heavy (non-hydrogen) atoms. The lowest BCUT2D eigenvalue weighted by atomic mass is 10.0. The molecule has 0 aromatic rings. The van der Waals surface area contributed by atoms with Crippen LogP contribution in [0.5, 0.6) is 0 Å². The highest BCUT2D eigenvalue weighted by atomic mass is 16.6. The first kappa shape index (κ1) is 71.3. The predicted molar refractivity (Wildman–Crippen MR) is 325 cm³/mol. The Morgan fingerprint density at radius 3 is 0.827 bits per heavy atom. The third-order valence-electron chi connectivity index (χ3n) is 13.6. The highest BCUT2D eigenvalue weighted by Gasteiger charge is 2.19. The maximum atomic E-state index is 12.8. The molecule has 430 valence electrons. The monoisotopic (exact) mass is 1040 g/mol. The summed E-state index contributed by atoms with van der Waals surface area (Å²) in [6, 6.07) is 0. The summed E-state index contributed by atoms with van der Waals surface area (Å²) in [5, 5.41) is 0. The SMILES string of the molecule is CC/C=C\C/C=C\C/C=C\C/C=C\C/C=C\C/C=C\C/C=C\CCCCCCCCCCCCCCCC(=O)OCC(COC(=O)CCCCCCC)OC(=O)CCCCCCCCC/C=C\CCCCCCCC. The van der Waals surface area contributed by atoms with Crippen molar-refractivity contribution >= 4 is 17.9 Å². The number of carbonyl (C=O) groups is 3. The summed E-state index contributed by atoms with van der Waals surface area (Å²) in [7, 11) is 0. The van der Waals surface area contributed by atoms with Crippen LogP contribution in [0.3, 0.4) is 0 Å². The summed E-state index contributed by atoms with van der Waals surface area (Å²) < 4.78 is 16.7. The van der Waals surface area contributed by atoms with Crippen LogP contribution in [0.2, 0.25) is 0 Å². The summed E-state index contributed by atoms with van der Waals surface area (Å²) in [4.78, 5) is 37.9. The van der Waals surface area contributed by atoms with Crippen molar-refractivity contribution in [2.75, 3.05) is 13.2 Å². The minimum Gasteiger partial charge on any atom is -0.462 e. The molecule has 6 heteroatoms. The second-order valence-electron chi connectivity index (χ2n) is 20.9. The summed E-state index contributed by atoms with van der Waals surface area (Å²) in [6.45, 7) is 6.45. The molecule has 0 saturated carbocycles. The lowest BCUT2D eigenvalue weighted by molar-refractivity contribution is -0.167. The van der Waals surface area contributed by atoms with Gasteiger partial charge in [0.25, 0.3) is 0 Å². The van der Waals surface area contributed by atoms with Crippen LogP contribution in [0.1, 0.15) is 303 Å². The fourth-order valence-electron chi connectivity index (χ4n) is 8.83. The van der Waals surface area contributed by atoms with Crippen molar-refractivity contribution in [1.82, 2.24) is 0 Å². The molecule has 0 saturated heterocycles. The van der Waals surface area contributed by atoms with E-state index in [2.05, 4.69) is 118 Å². The van der Waals surface area contributed by atoms with E-state index >= 15 is 0 Å². The quantitative estimate of drug-likeness (QED) is 0.0261. The average molecular weight is 1040 g/mol. The Labute approximate surface area is 464 Å². The van der Waals surface area contributed by atoms with Gasteiger partial charge in [-0.3, -0.25) is 14.4 Å². The number of unbranched alkanes of at least 4 members (excludes halogenated alkanes) is 30. The Bertz CT molecular complexity index is 1480. The molecule has 1 unspecified atom stereocenters. The summed E-state index contributed by atoms with van der Waals surface area (Å²) in [6.07, 6.45) is 84.7. The number of allylic oxidation sites excluding steroid dienone is 16. The van der Waals surface area contributed by atoms with E-state index in [9.17, 15) is 14.4 Å². The molecule has 0 aliphatic carbocycles. The van der Waals surface area contributed by atoms with Crippen LogP contribution in [0.4, 0.5) is 0 Å². The number of carbonyl (C=O) groups excluding carboxylic acids is 3. The Balaban J connectivity index is 3.98. The van der Waals surface area contributed by atoms with Crippen molar-refractivity contribution in [3.05, 3.63) is 97.2 Å². The largest absolute Gasteiger partial charge is 0.462 e. The molecule has 0 rings (SSSR count). The Morgan fingerprint density at radius 1 is 0.280 bits per heavy atom. The normalized spacial score (nSPS) is 12.7. The van der Waals surface area contributed by atoms with Gasteiger partial charge in [0.2, 0.25) is 0 Å². The minimum atomic E-state index is -0.775. The van der Waals surface area contributed by atoms with E-state index in [1.54, 1.807) is 0 Å². The maximum absolute atomic E-state index is 12.8. The van der Waals surface area contributed by atoms with Gasteiger partial charge in [0.1, 0.15) is 13.2 Å². The fraction of sp³-hybridized carbons (Fsp3) is 0.725. The summed E-state index contributed by atoms with van der Waals surface area (Å²) in [5.41, 5.74) is 0. The molecular formula is C69H118O6. The Hall–Kier alpha value is -3.67. The van der Waals surface area contributed by atoms with Gasteiger partial charge in [-0.15, -0.1) is 0 Å². The van der Waals surface area contributed by atoms with E-state index in [0.717, 1.165) is 109 Å². The Kier molecular flexibility index (Phi) is 59.8. The van der Waals surface area contributed by atoms with Gasteiger partial charge in [0.15, 0.2) is 6.10 Å². The third kappa shape index (κ3) is 61.1. The van der Waals surface area contributed by atoms with Crippen LogP contribution in [-0.2, 0) is 28.6 Å². The van der Waals surface area contributed by atoms with E-state index in [1.807, 2.05) is 0 Å².